The van der Waals surface area contributed by atoms with Crippen LogP contribution in [0.15, 0.2) is 29.6 Å². The molecule has 0 spiro atoms. The highest BCUT2D eigenvalue weighted by Gasteiger charge is 2.51. The van der Waals surface area contributed by atoms with E-state index in [1.54, 1.807) is 12.1 Å². The fraction of sp³-hybridized carbons (Fsp3) is 0.353. The summed E-state index contributed by atoms with van der Waals surface area (Å²) in [4.78, 5) is 30.9. The number of halogens is 1. The number of aryl methyl sites for hydroxylation is 1. The lowest BCUT2D eigenvalue weighted by Crippen LogP contribution is -2.43. The second-order valence-corrected chi connectivity index (χ2v) is 6.62. The predicted molar refractivity (Wildman–Crippen MR) is 88.9 cm³/mol. The van der Waals surface area contributed by atoms with Crippen LogP contribution in [0.1, 0.15) is 36.5 Å². The summed E-state index contributed by atoms with van der Waals surface area (Å²) in [6, 6.07) is 5.22. The minimum absolute atomic E-state index is 0.143. The van der Waals surface area contributed by atoms with Crippen LogP contribution in [-0.4, -0.2) is 21.8 Å². The highest BCUT2D eigenvalue weighted by Crippen LogP contribution is 2.33. The van der Waals surface area contributed by atoms with Gasteiger partial charge < -0.3 is 5.32 Å². The first-order valence-electron chi connectivity index (χ1n) is 7.83. The minimum atomic E-state index is -1.14. The molecule has 3 rings (SSSR count). The Balaban J connectivity index is 1.90. The Morgan fingerprint density at radius 1 is 1.25 bits per heavy atom. The molecular formula is C17H18FN3O2S. The van der Waals surface area contributed by atoms with E-state index in [0.717, 1.165) is 11.4 Å². The average molecular weight is 347 g/mol. The summed E-state index contributed by atoms with van der Waals surface area (Å²) in [6.45, 7) is 3.97. The molecule has 1 saturated heterocycles. The van der Waals surface area contributed by atoms with Gasteiger partial charge in [0.05, 0.1) is 17.2 Å². The Kier molecular flexibility index (Phi) is 4.36. The number of thiazole rings is 1. The predicted octanol–water partition coefficient (Wildman–Crippen LogP) is 3.20. The maximum Gasteiger partial charge on any atom is 0.325 e. The number of nitrogens with one attached hydrogen (secondary N) is 1. The molecule has 3 amide bonds. The summed E-state index contributed by atoms with van der Waals surface area (Å²) in [6.07, 6.45) is 1.20. The quantitative estimate of drug-likeness (QED) is 0.845. The number of imide groups is 1. The van der Waals surface area contributed by atoms with Crippen molar-refractivity contribution >= 4 is 23.3 Å². The first kappa shape index (κ1) is 16.6. The largest absolute Gasteiger partial charge is 0.325 e. The monoisotopic (exact) mass is 347 g/mol. The van der Waals surface area contributed by atoms with Crippen molar-refractivity contribution in [3.63, 3.8) is 0 Å². The molecule has 2 aromatic rings. The van der Waals surface area contributed by atoms with Crippen LogP contribution in [-0.2, 0) is 23.3 Å². The van der Waals surface area contributed by atoms with Gasteiger partial charge in [0.25, 0.3) is 5.91 Å². The van der Waals surface area contributed by atoms with Crippen molar-refractivity contribution in [1.29, 1.82) is 0 Å². The summed E-state index contributed by atoms with van der Waals surface area (Å²) in [7, 11) is 0. The molecule has 1 fully saturated rings. The first-order chi connectivity index (χ1) is 11.5. The smallest absolute Gasteiger partial charge is 0.319 e. The molecule has 0 aliphatic carbocycles. The molecule has 0 radical (unpaired) electrons. The summed E-state index contributed by atoms with van der Waals surface area (Å²) in [5.41, 5.74) is 0.139. The van der Waals surface area contributed by atoms with Crippen LogP contribution in [0.4, 0.5) is 9.18 Å². The maximum atomic E-state index is 13.2. The molecule has 126 valence electrons. The highest BCUT2D eigenvalue weighted by molar-refractivity contribution is 7.09. The van der Waals surface area contributed by atoms with E-state index < -0.39 is 11.6 Å². The van der Waals surface area contributed by atoms with Gasteiger partial charge in [0.1, 0.15) is 11.4 Å². The lowest BCUT2D eigenvalue weighted by Gasteiger charge is -2.25. The van der Waals surface area contributed by atoms with Gasteiger partial charge in [-0.1, -0.05) is 26.0 Å². The van der Waals surface area contributed by atoms with Crippen LogP contribution >= 0.6 is 11.3 Å². The molecule has 0 bridgehead atoms. The Morgan fingerprint density at radius 3 is 2.54 bits per heavy atom. The van der Waals surface area contributed by atoms with Crippen molar-refractivity contribution in [1.82, 2.24) is 15.2 Å². The summed E-state index contributed by atoms with van der Waals surface area (Å²) >= 11 is 1.52. The Morgan fingerprint density at radius 2 is 1.96 bits per heavy atom. The number of aromatic nitrogens is 1. The van der Waals surface area contributed by atoms with Crippen molar-refractivity contribution < 1.29 is 14.0 Å². The average Bonchev–Trinajstić information content (AvgIpc) is 3.14. The van der Waals surface area contributed by atoms with Crippen LogP contribution in [0.2, 0.25) is 0 Å². The molecule has 7 heteroatoms. The van der Waals surface area contributed by atoms with Crippen molar-refractivity contribution in [3.05, 3.63) is 51.7 Å². The molecule has 5 nitrogen and oxygen atoms in total. The molecule has 1 unspecified atom stereocenters. The number of carbonyl (C=O) groups is 2. The molecule has 1 aliphatic rings. The van der Waals surface area contributed by atoms with Gasteiger partial charge in [0.2, 0.25) is 0 Å². The maximum absolute atomic E-state index is 13.2. The molecule has 2 heterocycles. The number of carbonyl (C=O) groups excluding carboxylic acids is 2. The van der Waals surface area contributed by atoms with E-state index in [-0.39, 0.29) is 18.3 Å². The van der Waals surface area contributed by atoms with Crippen LogP contribution in [0, 0.1) is 5.82 Å². The number of benzene rings is 1. The Hall–Kier alpha value is -2.28. The second kappa shape index (κ2) is 6.32. The number of hydrogen-bond acceptors (Lipinski definition) is 4. The van der Waals surface area contributed by atoms with Crippen molar-refractivity contribution in [2.45, 2.75) is 38.8 Å². The zero-order valence-corrected chi connectivity index (χ0v) is 14.3. The summed E-state index contributed by atoms with van der Waals surface area (Å²) < 4.78 is 13.2. The standard InChI is InChI=1S/C17H18FN3O2S/c1-3-14-19-13(10-24-14)9-21-15(22)17(4-2,20-16(21)23)11-5-7-12(18)8-6-11/h5-8,10H,3-4,9H2,1-2H3,(H,20,23). The van der Waals surface area contributed by atoms with Crippen molar-refractivity contribution in [2.75, 3.05) is 0 Å². The third-order valence-electron chi connectivity index (χ3n) is 4.26. The third kappa shape index (κ3) is 2.69. The molecule has 1 aromatic heterocycles. The van der Waals surface area contributed by atoms with E-state index in [9.17, 15) is 14.0 Å². The normalized spacial score (nSPS) is 20.5. The van der Waals surface area contributed by atoms with E-state index in [2.05, 4.69) is 10.3 Å². The topological polar surface area (TPSA) is 62.3 Å². The van der Waals surface area contributed by atoms with Crippen LogP contribution in [0.25, 0.3) is 0 Å². The summed E-state index contributed by atoms with van der Waals surface area (Å²) in [5.74, 6) is -0.708. The number of amides is 3. The summed E-state index contributed by atoms with van der Waals surface area (Å²) in [5, 5.41) is 5.62. The second-order valence-electron chi connectivity index (χ2n) is 5.67. The van der Waals surface area contributed by atoms with Crippen molar-refractivity contribution in [3.8, 4) is 0 Å². The number of rotatable bonds is 5. The number of nitrogens with zero attached hydrogens (tertiary/aromatic N) is 2. The molecule has 24 heavy (non-hydrogen) atoms. The first-order valence-corrected chi connectivity index (χ1v) is 8.71. The van der Waals surface area contributed by atoms with Gasteiger partial charge in [-0.25, -0.2) is 14.2 Å². The van der Waals surface area contributed by atoms with E-state index in [0.29, 0.717) is 17.7 Å². The number of urea groups is 1. The lowest BCUT2D eigenvalue weighted by atomic mass is 9.87. The van der Waals surface area contributed by atoms with E-state index in [1.165, 1.54) is 28.4 Å². The lowest BCUT2D eigenvalue weighted by molar-refractivity contribution is -0.132. The fourth-order valence-corrected chi connectivity index (χ4v) is 3.63. The fourth-order valence-electron chi connectivity index (χ4n) is 2.89. The van der Waals surface area contributed by atoms with Crippen LogP contribution < -0.4 is 5.32 Å². The third-order valence-corrected chi connectivity index (χ3v) is 5.31. The van der Waals surface area contributed by atoms with Gasteiger partial charge in [0, 0.05) is 5.38 Å². The van der Waals surface area contributed by atoms with Crippen LogP contribution in [0.5, 0.6) is 0 Å². The van der Waals surface area contributed by atoms with Crippen LogP contribution in [0.3, 0.4) is 0 Å². The zero-order chi connectivity index (χ0) is 17.3. The molecule has 1 atom stereocenters. The van der Waals surface area contributed by atoms with Crippen molar-refractivity contribution in [2.24, 2.45) is 0 Å². The van der Waals surface area contributed by atoms with E-state index in [4.69, 9.17) is 0 Å². The van der Waals surface area contributed by atoms with Gasteiger partial charge in [-0.05, 0) is 30.5 Å². The Bertz CT molecular complexity index is 774. The van der Waals surface area contributed by atoms with Gasteiger partial charge in [-0.3, -0.25) is 9.69 Å². The number of hydrogen-bond donors (Lipinski definition) is 1. The molecule has 1 aliphatic heterocycles. The highest BCUT2D eigenvalue weighted by atomic mass is 32.1. The Labute approximate surface area is 143 Å². The molecule has 1 aromatic carbocycles. The van der Waals surface area contributed by atoms with Gasteiger partial charge in [-0.15, -0.1) is 11.3 Å². The molecule has 1 N–H and O–H groups in total. The van der Waals surface area contributed by atoms with E-state index >= 15 is 0 Å². The SMILES string of the molecule is CCc1nc(CN2C(=O)NC(CC)(c3ccc(F)cc3)C2=O)cs1. The minimum Gasteiger partial charge on any atom is -0.319 e. The molecular weight excluding hydrogens is 329 g/mol. The molecule has 0 saturated carbocycles. The zero-order valence-electron chi connectivity index (χ0n) is 13.5. The van der Waals surface area contributed by atoms with Gasteiger partial charge in [-0.2, -0.15) is 0 Å². The van der Waals surface area contributed by atoms with Gasteiger partial charge >= 0.3 is 6.03 Å². The van der Waals surface area contributed by atoms with E-state index in [1.807, 2.05) is 19.2 Å². The van der Waals surface area contributed by atoms with Gasteiger partial charge in [0.15, 0.2) is 0 Å².